The second-order valence-corrected chi connectivity index (χ2v) is 2.72. The minimum atomic E-state index is -0.216. The zero-order chi connectivity index (χ0) is 9.26. The maximum absolute atomic E-state index is 10.7. The number of furan rings is 1. The quantitative estimate of drug-likeness (QED) is 0.713. The maximum atomic E-state index is 10.7. The van der Waals surface area contributed by atoms with Crippen LogP contribution in [0.1, 0.15) is 5.76 Å². The predicted molar refractivity (Wildman–Crippen MR) is 47.3 cm³/mol. The van der Waals surface area contributed by atoms with Gasteiger partial charge in [-0.25, -0.2) is 5.10 Å². The van der Waals surface area contributed by atoms with Gasteiger partial charge in [0.2, 0.25) is 0 Å². The van der Waals surface area contributed by atoms with Gasteiger partial charge in [-0.3, -0.25) is 4.79 Å². The highest BCUT2D eigenvalue weighted by atomic mass is 16.3. The van der Waals surface area contributed by atoms with E-state index in [4.69, 9.17) is 4.42 Å². The van der Waals surface area contributed by atoms with Crippen LogP contribution in [-0.4, -0.2) is 10.2 Å². The lowest BCUT2D eigenvalue weighted by Crippen LogP contribution is -2.05. The molecule has 13 heavy (non-hydrogen) atoms. The number of rotatable bonds is 1. The van der Waals surface area contributed by atoms with Crippen LogP contribution in [0.4, 0.5) is 0 Å². The van der Waals surface area contributed by atoms with Crippen molar-refractivity contribution in [3.63, 3.8) is 0 Å². The molecule has 2 heterocycles. The Balaban J connectivity index is 2.47. The number of nitrogens with zero attached hydrogens (tertiary/aromatic N) is 1. The van der Waals surface area contributed by atoms with Crippen molar-refractivity contribution in [2.24, 2.45) is 0 Å². The molecule has 2 aromatic rings. The Morgan fingerprint density at radius 3 is 2.69 bits per heavy atom. The van der Waals surface area contributed by atoms with Crippen LogP contribution < -0.4 is 5.56 Å². The fourth-order valence-electron chi connectivity index (χ4n) is 1.05. The van der Waals surface area contributed by atoms with Crippen LogP contribution in [0.25, 0.3) is 11.5 Å². The summed E-state index contributed by atoms with van der Waals surface area (Å²) >= 11 is 0. The van der Waals surface area contributed by atoms with E-state index in [-0.39, 0.29) is 5.56 Å². The average Bonchev–Trinajstić information content (AvgIpc) is 2.53. The van der Waals surface area contributed by atoms with Crippen LogP contribution in [-0.2, 0) is 0 Å². The molecule has 0 saturated heterocycles. The molecule has 2 rings (SSSR count). The van der Waals surface area contributed by atoms with Crippen molar-refractivity contribution >= 4 is 0 Å². The van der Waals surface area contributed by atoms with Gasteiger partial charge in [-0.1, -0.05) is 0 Å². The van der Waals surface area contributed by atoms with Crippen molar-refractivity contribution in [3.8, 4) is 11.5 Å². The van der Waals surface area contributed by atoms with Crippen LogP contribution in [0.15, 0.2) is 33.5 Å². The van der Waals surface area contributed by atoms with Gasteiger partial charge in [-0.15, -0.1) is 0 Å². The number of aromatic nitrogens is 2. The number of nitrogens with one attached hydrogen (secondary N) is 1. The molecule has 0 radical (unpaired) electrons. The smallest absolute Gasteiger partial charge is 0.264 e. The molecule has 0 saturated carbocycles. The summed E-state index contributed by atoms with van der Waals surface area (Å²) in [5.74, 6) is 1.48. The van der Waals surface area contributed by atoms with Crippen molar-refractivity contribution in [1.29, 1.82) is 0 Å². The molecular formula is C9H8N2O2. The molecular weight excluding hydrogens is 168 g/mol. The molecule has 0 amide bonds. The first-order valence-corrected chi connectivity index (χ1v) is 3.88. The number of H-pyrrole nitrogens is 1. The SMILES string of the molecule is Cc1ccc(-c2ccc(=O)[nH]n2)o1. The van der Waals surface area contributed by atoms with E-state index in [9.17, 15) is 4.79 Å². The first-order chi connectivity index (χ1) is 6.25. The van der Waals surface area contributed by atoms with Crippen LogP contribution in [0.2, 0.25) is 0 Å². The zero-order valence-electron chi connectivity index (χ0n) is 7.07. The monoisotopic (exact) mass is 176 g/mol. The van der Waals surface area contributed by atoms with E-state index in [1.807, 2.05) is 19.1 Å². The third-order valence-electron chi connectivity index (χ3n) is 1.67. The van der Waals surface area contributed by atoms with E-state index in [0.717, 1.165) is 5.76 Å². The highest BCUT2D eigenvalue weighted by molar-refractivity contribution is 5.50. The van der Waals surface area contributed by atoms with Crippen molar-refractivity contribution < 1.29 is 4.42 Å². The average molecular weight is 176 g/mol. The number of hydrogen-bond acceptors (Lipinski definition) is 3. The van der Waals surface area contributed by atoms with E-state index in [1.165, 1.54) is 6.07 Å². The van der Waals surface area contributed by atoms with Gasteiger partial charge in [0.05, 0.1) is 0 Å². The first kappa shape index (κ1) is 7.79. The van der Waals surface area contributed by atoms with Gasteiger partial charge in [-0.2, -0.15) is 5.10 Å². The van der Waals surface area contributed by atoms with Crippen LogP contribution in [0, 0.1) is 6.92 Å². The van der Waals surface area contributed by atoms with E-state index in [0.29, 0.717) is 11.5 Å². The summed E-state index contributed by atoms with van der Waals surface area (Å²) in [6.07, 6.45) is 0. The summed E-state index contributed by atoms with van der Waals surface area (Å²) in [7, 11) is 0. The Bertz CT molecular complexity index is 450. The van der Waals surface area contributed by atoms with Gasteiger partial charge in [-0.05, 0) is 25.1 Å². The van der Waals surface area contributed by atoms with E-state index in [2.05, 4.69) is 10.2 Å². The summed E-state index contributed by atoms with van der Waals surface area (Å²) in [5.41, 5.74) is 0.416. The normalized spacial score (nSPS) is 10.2. The lowest BCUT2D eigenvalue weighted by Gasteiger charge is -1.92. The summed E-state index contributed by atoms with van der Waals surface area (Å²) in [4.78, 5) is 10.7. The van der Waals surface area contributed by atoms with Crippen molar-refractivity contribution in [2.45, 2.75) is 6.92 Å². The highest BCUT2D eigenvalue weighted by Gasteiger charge is 2.02. The number of aryl methyl sites for hydroxylation is 1. The largest absolute Gasteiger partial charge is 0.460 e. The molecule has 0 aliphatic carbocycles. The molecule has 0 unspecified atom stereocenters. The third-order valence-corrected chi connectivity index (χ3v) is 1.67. The fourth-order valence-corrected chi connectivity index (χ4v) is 1.05. The van der Waals surface area contributed by atoms with Crippen LogP contribution >= 0.6 is 0 Å². The fraction of sp³-hybridized carbons (Fsp3) is 0.111. The molecule has 0 bridgehead atoms. The number of aromatic amines is 1. The molecule has 0 aliphatic rings. The van der Waals surface area contributed by atoms with Gasteiger partial charge in [0.15, 0.2) is 5.76 Å². The minimum Gasteiger partial charge on any atom is -0.460 e. The topological polar surface area (TPSA) is 58.9 Å². The van der Waals surface area contributed by atoms with Gasteiger partial charge in [0, 0.05) is 6.07 Å². The van der Waals surface area contributed by atoms with E-state index in [1.54, 1.807) is 6.07 Å². The Kier molecular flexibility index (Phi) is 1.73. The maximum Gasteiger partial charge on any atom is 0.264 e. The predicted octanol–water partition coefficient (Wildman–Crippen LogP) is 1.34. The molecule has 66 valence electrons. The lowest BCUT2D eigenvalue weighted by atomic mass is 10.3. The molecule has 4 nitrogen and oxygen atoms in total. The van der Waals surface area contributed by atoms with Crippen molar-refractivity contribution in [1.82, 2.24) is 10.2 Å². The second kappa shape index (κ2) is 2.90. The lowest BCUT2D eigenvalue weighted by molar-refractivity contribution is 0.545. The summed E-state index contributed by atoms with van der Waals surface area (Å²) < 4.78 is 5.32. The number of hydrogen-bond donors (Lipinski definition) is 1. The molecule has 4 heteroatoms. The zero-order valence-corrected chi connectivity index (χ0v) is 7.07. The van der Waals surface area contributed by atoms with Gasteiger partial charge >= 0.3 is 0 Å². The summed E-state index contributed by atoms with van der Waals surface area (Å²) in [6, 6.07) is 6.70. The van der Waals surface area contributed by atoms with Crippen molar-refractivity contribution in [3.05, 3.63) is 40.4 Å². The Hall–Kier alpha value is -1.84. The molecule has 0 aliphatic heterocycles. The first-order valence-electron chi connectivity index (χ1n) is 3.88. The Morgan fingerprint density at radius 2 is 2.15 bits per heavy atom. The molecule has 2 aromatic heterocycles. The van der Waals surface area contributed by atoms with Gasteiger partial charge in [0.25, 0.3) is 5.56 Å². The van der Waals surface area contributed by atoms with Crippen molar-refractivity contribution in [2.75, 3.05) is 0 Å². The van der Waals surface area contributed by atoms with Crippen LogP contribution in [0.5, 0.6) is 0 Å². The third kappa shape index (κ3) is 1.51. The molecule has 0 atom stereocenters. The second-order valence-electron chi connectivity index (χ2n) is 2.72. The Labute approximate surface area is 74.2 Å². The Morgan fingerprint density at radius 1 is 1.31 bits per heavy atom. The van der Waals surface area contributed by atoms with Gasteiger partial charge < -0.3 is 4.42 Å². The summed E-state index contributed by atoms with van der Waals surface area (Å²) in [5, 5.41) is 6.17. The van der Waals surface area contributed by atoms with Gasteiger partial charge in [0.1, 0.15) is 11.5 Å². The van der Waals surface area contributed by atoms with Crippen LogP contribution in [0.3, 0.4) is 0 Å². The minimum absolute atomic E-state index is 0.216. The van der Waals surface area contributed by atoms with E-state index >= 15 is 0 Å². The molecule has 0 fully saturated rings. The highest BCUT2D eigenvalue weighted by Crippen LogP contribution is 2.17. The summed E-state index contributed by atoms with van der Waals surface area (Å²) in [6.45, 7) is 1.86. The standard InChI is InChI=1S/C9H8N2O2/c1-6-2-4-8(13-6)7-3-5-9(12)11-10-7/h2-5H,1H3,(H,11,12). The molecule has 1 N–H and O–H groups in total. The molecule has 0 spiro atoms. The van der Waals surface area contributed by atoms with E-state index < -0.39 is 0 Å². The molecule has 0 aromatic carbocycles.